The van der Waals surface area contributed by atoms with E-state index in [9.17, 15) is 9.59 Å². The number of hydrogen-bond donors (Lipinski definition) is 1. The molecule has 0 bridgehead atoms. The molecule has 4 rings (SSSR count). The van der Waals surface area contributed by atoms with Crippen molar-refractivity contribution in [1.82, 2.24) is 15.1 Å². The van der Waals surface area contributed by atoms with Gasteiger partial charge < -0.3 is 15.1 Å². The summed E-state index contributed by atoms with van der Waals surface area (Å²) in [6, 6.07) is 21.1. The topological polar surface area (TPSA) is 52.7 Å². The summed E-state index contributed by atoms with van der Waals surface area (Å²) in [6.45, 7) is 1.78. The van der Waals surface area contributed by atoms with E-state index in [1.807, 2.05) is 46.2 Å². The van der Waals surface area contributed by atoms with Gasteiger partial charge in [0.15, 0.2) is 0 Å². The second kappa shape index (κ2) is 14.1. The molecular formula is C31H43N3O2. The molecule has 36 heavy (non-hydrogen) atoms. The minimum absolute atomic E-state index is 0.0421. The number of amides is 3. The van der Waals surface area contributed by atoms with Crippen LogP contribution in [0.25, 0.3) is 0 Å². The van der Waals surface area contributed by atoms with Crippen LogP contribution in [0, 0.1) is 0 Å². The van der Waals surface area contributed by atoms with Gasteiger partial charge in [-0.3, -0.25) is 4.79 Å². The fourth-order valence-electron chi connectivity index (χ4n) is 5.73. The summed E-state index contributed by atoms with van der Waals surface area (Å²) in [4.78, 5) is 30.9. The Hall–Kier alpha value is -2.82. The summed E-state index contributed by atoms with van der Waals surface area (Å²) in [5.41, 5.74) is 2.37. The zero-order valence-corrected chi connectivity index (χ0v) is 21.7. The van der Waals surface area contributed by atoms with Crippen LogP contribution in [0.15, 0.2) is 60.7 Å². The second-order valence-electron chi connectivity index (χ2n) is 10.6. The standard InChI is InChI=1S/C31H43N3O2/c35-30(33(25-27-15-7-2-8-16-27)23-21-26-13-5-1-6-14-26)22-24-34(29-19-11-4-12-20-29)31(36)32-28-17-9-3-10-18-28/h1-2,5-8,13-16,28-29H,3-4,9-12,17-25H2,(H,32,36). The predicted octanol–water partition coefficient (Wildman–Crippen LogP) is 6.33. The van der Waals surface area contributed by atoms with Gasteiger partial charge in [-0.25, -0.2) is 4.79 Å². The summed E-state index contributed by atoms with van der Waals surface area (Å²) < 4.78 is 0. The number of carbonyl (C=O) groups is 2. The minimum atomic E-state index is 0.0421. The lowest BCUT2D eigenvalue weighted by molar-refractivity contribution is -0.132. The maximum atomic E-state index is 13.5. The molecule has 2 aromatic carbocycles. The molecule has 5 nitrogen and oxygen atoms in total. The first-order chi connectivity index (χ1) is 17.7. The van der Waals surface area contributed by atoms with E-state index in [0.717, 1.165) is 37.7 Å². The number of nitrogens with zero attached hydrogens (tertiary/aromatic N) is 2. The lowest BCUT2D eigenvalue weighted by atomic mass is 9.93. The number of hydrogen-bond acceptors (Lipinski definition) is 2. The first-order valence-corrected chi connectivity index (χ1v) is 14.1. The van der Waals surface area contributed by atoms with Gasteiger partial charge in [0.25, 0.3) is 0 Å². The SMILES string of the molecule is O=C(CCN(C(=O)NC1CCCCC1)C1CCCCC1)N(CCc1ccccc1)Cc1ccccc1. The number of urea groups is 1. The molecule has 3 amide bonds. The Morgan fingerprint density at radius 3 is 1.94 bits per heavy atom. The molecule has 0 saturated heterocycles. The Bertz CT molecular complexity index is 921. The van der Waals surface area contributed by atoms with Gasteiger partial charge >= 0.3 is 6.03 Å². The number of nitrogens with one attached hydrogen (secondary N) is 1. The van der Waals surface area contributed by atoms with E-state index in [2.05, 4.69) is 29.6 Å². The van der Waals surface area contributed by atoms with Crippen molar-refractivity contribution in [3.05, 3.63) is 71.8 Å². The van der Waals surface area contributed by atoms with E-state index in [4.69, 9.17) is 0 Å². The summed E-state index contributed by atoms with van der Waals surface area (Å²) in [5, 5.41) is 3.32. The highest BCUT2D eigenvalue weighted by Crippen LogP contribution is 2.24. The fraction of sp³-hybridized carbons (Fsp3) is 0.548. The smallest absolute Gasteiger partial charge is 0.317 e. The first-order valence-electron chi connectivity index (χ1n) is 14.1. The van der Waals surface area contributed by atoms with Crippen molar-refractivity contribution in [2.75, 3.05) is 13.1 Å². The van der Waals surface area contributed by atoms with E-state index >= 15 is 0 Å². The molecule has 2 aliphatic carbocycles. The third-order valence-electron chi connectivity index (χ3n) is 7.86. The summed E-state index contributed by atoms with van der Waals surface area (Å²) >= 11 is 0. The van der Waals surface area contributed by atoms with Crippen LogP contribution in [0.4, 0.5) is 4.79 Å². The molecule has 1 N–H and O–H groups in total. The van der Waals surface area contributed by atoms with Gasteiger partial charge in [0.2, 0.25) is 5.91 Å². The van der Waals surface area contributed by atoms with Crippen molar-refractivity contribution in [2.24, 2.45) is 0 Å². The van der Waals surface area contributed by atoms with E-state index in [1.54, 1.807) is 0 Å². The predicted molar refractivity (Wildman–Crippen MR) is 146 cm³/mol. The van der Waals surface area contributed by atoms with Gasteiger partial charge in [-0.2, -0.15) is 0 Å². The van der Waals surface area contributed by atoms with Crippen LogP contribution in [0.1, 0.15) is 81.8 Å². The van der Waals surface area contributed by atoms with Crippen LogP contribution >= 0.6 is 0 Å². The third-order valence-corrected chi connectivity index (χ3v) is 7.86. The van der Waals surface area contributed by atoms with Crippen LogP contribution in [-0.4, -0.2) is 46.9 Å². The van der Waals surface area contributed by atoms with Gasteiger partial charge in [0.05, 0.1) is 0 Å². The molecule has 2 fully saturated rings. The zero-order chi connectivity index (χ0) is 25.0. The van der Waals surface area contributed by atoms with Gasteiger partial charge in [0, 0.05) is 38.1 Å². The maximum absolute atomic E-state index is 13.5. The molecule has 0 spiro atoms. The Balaban J connectivity index is 1.40. The highest BCUT2D eigenvalue weighted by Gasteiger charge is 2.28. The average molecular weight is 490 g/mol. The number of carbonyl (C=O) groups excluding carboxylic acids is 2. The lowest BCUT2D eigenvalue weighted by Gasteiger charge is -2.36. The lowest BCUT2D eigenvalue weighted by Crippen LogP contribution is -2.51. The van der Waals surface area contributed by atoms with Crippen molar-refractivity contribution in [2.45, 2.75) is 95.7 Å². The van der Waals surface area contributed by atoms with Crippen LogP contribution in [0.5, 0.6) is 0 Å². The fourth-order valence-corrected chi connectivity index (χ4v) is 5.73. The Kier molecular flexibility index (Phi) is 10.2. The van der Waals surface area contributed by atoms with E-state index < -0.39 is 0 Å². The van der Waals surface area contributed by atoms with E-state index in [0.29, 0.717) is 26.1 Å². The van der Waals surface area contributed by atoms with Crippen molar-refractivity contribution in [1.29, 1.82) is 0 Å². The highest BCUT2D eigenvalue weighted by molar-refractivity contribution is 5.79. The van der Waals surface area contributed by atoms with Crippen LogP contribution < -0.4 is 5.32 Å². The number of rotatable bonds is 10. The first kappa shape index (κ1) is 26.2. The largest absolute Gasteiger partial charge is 0.338 e. The molecule has 0 atom stereocenters. The second-order valence-corrected chi connectivity index (χ2v) is 10.6. The van der Waals surface area contributed by atoms with Gasteiger partial charge in [-0.15, -0.1) is 0 Å². The minimum Gasteiger partial charge on any atom is -0.338 e. The van der Waals surface area contributed by atoms with Crippen molar-refractivity contribution >= 4 is 11.9 Å². The highest BCUT2D eigenvalue weighted by atomic mass is 16.2. The monoisotopic (exact) mass is 489 g/mol. The average Bonchev–Trinajstić information content (AvgIpc) is 2.93. The molecule has 2 aliphatic rings. The summed E-state index contributed by atoms with van der Waals surface area (Å²) in [5.74, 6) is 0.126. The summed E-state index contributed by atoms with van der Waals surface area (Å²) in [6.07, 6.45) is 12.7. The Morgan fingerprint density at radius 2 is 1.31 bits per heavy atom. The number of benzene rings is 2. The molecule has 2 saturated carbocycles. The van der Waals surface area contributed by atoms with E-state index in [1.165, 1.54) is 44.1 Å². The third kappa shape index (κ3) is 8.11. The Labute approximate surface area is 217 Å². The molecule has 2 aromatic rings. The molecular weight excluding hydrogens is 446 g/mol. The van der Waals surface area contributed by atoms with Crippen molar-refractivity contribution in [3.63, 3.8) is 0 Å². The van der Waals surface area contributed by atoms with Gasteiger partial charge in [0.1, 0.15) is 0 Å². The molecule has 5 heteroatoms. The van der Waals surface area contributed by atoms with E-state index in [-0.39, 0.29) is 24.0 Å². The molecule has 0 unspecified atom stereocenters. The zero-order valence-electron chi connectivity index (χ0n) is 21.7. The van der Waals surface area contributed by atoms with Gasteiger partial charge in [-0.1, -0.05) is 99.2 Å². The van der Waals surface area contributed by atoms with Crippen LogP contribution in [0.3, 0.4) is 0 Å². The maximum Gasteiger partial charge on any atom is 0.317 e. The molecule has 0 radical (unpaired) electrons. The normalized spacial score (nSPS) is 16.9. The van der Waals surface area contributed by atoms with Crippen molar-refractivity contribution < 1.29 is 9.59 Å². The molecule has 0 heterocycles. The summed E-state index contributed by atoms with van der Waals surface area (Å²) in [7, 11) is 0. The van der Waals surface area contributed by atoms with Gasteiger partial charge in [-0.05, 0) is 43.2 Å². The molecule has 0 aliphatic heterocycles. The van der Waals surface area contributed by atoms with Crippen molar-refractivity contribution in [3.8, 4) is 0 Å². The molecule has 0 aromatic heterocycles. The molecule has 194 valence electrons. The Morgan fingerprint density at radius 1 is 0.722 bits per heavy atom. The van der Waals surface area contributed by atoms with Crippen LogP contribution in [0.2, 0.25) is 0 Å². The van der Waals surface area contributed by atoms with Crippen LogP contribution in [-0.2, 0) is 17.8 Å². The quantitative estimate of drug-likeness (QED) is 0.424.